The quantitative estimate of drug-likeness (QED) is 0.562. The number of halogens is 1. The first-order valence-electron chi connectivity index (χ1n) is 9.79. The van der Waals surface area contributed by atoms with Gasteiger partial charge in [0.2, 0.25) is 5.91 Å². The molecular weight excluding hydrogens is 432 g/mol. The monoisotopic (exact) mass is 456 g/mol. The van der Waals surface area contributed by atoms with E-state index in [1.54, 1.807) is 12.1 Å². The molecule has 0 aliphatic heterocycles. The van der Waals surface area contributed by atoms with Crippen LogP contribution < -0.4 is 5.32 Å². The molecule has 29 heavy (non-hydrogen) atoms. The topological polar surface area (TPSA) is 67.2 Å². The molecule has 3 rings (SSSR count). The minimum absolute atomic E-state index is 0.0679. The van der Waals surface area contributed by atoms with E-state index in [9.17, 15) is 9.59 Å². The van der Waals surface area contributed by atoms with Gasteiger partial charge in [-0.2, -0.15) is 0 Å². The van der Waals surface area contributed by atoms with E-state index in [-0.39, 0.29) is 18.4 Å². The number of fused-ring (bicyclic) bond motifs is 1. The highest BCUT2D eigenvalue weighted by Crippen LogP contribution is 2.17. The third-order valence-electron chi connectivity index (χ3n) is 4.88. The zero-order chi connectivity index (χ0) is 20.8. The van der Waals surface area contributed by atoms with Gasteiger partial charge in [-0.1, -0.05) is 28.1 Å². The molecule has 1 N–H and O–H groups in total. The van der Waals surface area contributed by atoms with Crippen LogP contribution in [0.1, 0.15) is 30.0 Å². The minimum atomic E-state index is -0.126. The summed E-state index contributed by atoms with van der Waals surface area (Å²) in [6, 6.07) is 15.0. The van der Waals surface area contributed by atoms with Gasteiger partial charge >= 0.3 is 0 Å². The Hall–Kier alpha value is -2.67. The van der Waals surface area contributed by atoms with E-state index in [1.165, 1.54) is 0 Å². The fourth-order valence-corrected chi connectivity index (χ4v) is 3.56. The van der Waals surface area contributed by atoms with Gasteiger partial charge in [-0.15, -0.1) is 0 Å². The summed E-state index contributed by atoms with van der Waals surface area (Å²) < 4.78 is 2.89. The second kappa shape index (κ2) is 9.69. The van der Waals surface area contributed by atoms with E-state index in [0.717, 1.165) is 21.3 Å². The molecule has 0 bridgehead atoms. The van der Waals surface area contributed by atoms with Gasteiger partial charge in [0.25, 0.3) is 5.91 Å². The summed E-state index contributed by atoms with van der Waals surface area (Å²) in [5, 5.41) is 2.93. The number of para-hydroxylation sites is 2. The van der Waals surface area contributed by atoms with Crippen LogP contribution in [0.15, 0.2) is 53.0 Å². The first-order valence-corrected chi connectivity index (χ1v) is 10.6. The molecule has 0 saturated heterocycles. The molecule has 1 aromatic heterocycles. The van der Waals surface area contributed by atoms with Crippen LogP contribution in [0, 0.1) is 0 Å². The number of carbonyl (C=O) groups is 2. The van der Waals surface area contributed by atoms with Crippen LogP contribution >= 0.6 is 15.9 Å². The maximum Gasteiger partial charge on any atom is 0.251 e. The van der Waals surface area contributed by atoms with E-state index in [0.29, 0.717) is 31.6 Å². The Morgan fingerprint density at radius 2 is 1.76 bits per heavy atom. The number of benzene rings is 2. The summed E-state index contributed by atoms with van der Waals surface area (Å²) in [5.74, 6) is 0.737. The van der Waals surface area contributed by atoms with Gasteiger partial charge in [-0.3, -0.25) is 9.59 Å². The van der Waals surface area contributed by atoms with Gasteiger partial charge in [-0.05, 0) is 50.2 Å². The van der Waals surface area contributed by atoms with Crippen molar-refractivity contribution >= 4 is 38.8 Å². The summed E-state index contributed by atoms with van der Waals surface area (Å²) in [6.45, 7) is 6.01. The summed E-state index contributed by atoms with van der Waals surface area (Å²) >= 11 is 3.37. The lowest BCUT2D eigenvalue weighted by Gasteiger charge is -2.20. The fraction of sp³-hybridized carbons (Fsp3) is 0.318. The average molecular weight is 457 g/mol. The van der Waals surface area contributed by atoms with Gasteiger partial charge in [0.1, 0.15) is 12.4 Å². The maximum absolute atomic E-state index is 12.7. The Kier molecular flexibility index (Phi) is 7.04. The van der Waals surface area contributed by atoms with Gasteiger partial charge < -0.3 is 14.8 Å². The molecule has 0 radical (unpaired) electrons. The predicted octanol–water partition coefficient (Wildman–Crippen LogP) is 3.64. The highest BCUT2D eigenvalue weighted by Gasteiger charge is 2.16. The molecule has 0 aliphatic rings. The van der Waals surface area contributed by atoms with Crippen molar-refractivity contribution in [3.63, 3.8) is 0 Å². The number of imidazole rings is 1. The van der Waals surface area contributed by atoms with Crippen LogP contribution in [-0.4, -0.2) is 45.9 Å². The molecule has 2 amide bonds. The largest absolute Gasteiger partial charge is 0.352 e. The van der Waals surface area contributed by atoms with Gasteiger partial charge in [0.05, 0.1) is 11.0 Å². The molecule has 0 aliphatic carbocycles. The number of carbonyl (C=O) groups excluding carboxylic acids is 2. The second-order valence-electron chi connectivity index (χ2n) is 6.68. The number of hydrogen-bond acceptors (Lipinski definition) is 3. The third kappa shape index (κ3) is 5.03. The Morgan fingerprint density at radius 3 is 2.45 bits per heavy atom. The summed E-state index contributed by atoms with van der Waals surface area (Å²) in [6.07, 6.45) is 0.544. The molecule has 0 atom stereocenters. The number of likely N-dealkylation sites (N-methyl/N-ethyl adjacent to an activating group) is 1. The Morgan fingerprint density at radius 1 is 1.07 bits per heavy atom. The first-order chi connectivity index (χ1) is 14.0. The second-order valence-corrected chi connectivity index (χ2v) is 7.60. The number of amides is 2. The van der Waals surface area contributed by atoms with Crippen molar-refractivity contribution in [3.05, 3.63) is 64.4 Å². The highest BCUT2D eigenvalue weighted by molar-refractivity contribution is 9.10. The van der Waals surface area contributed by atoms with E-state index >= 15 is 0 Å². The van der Waals surface area contributed by atoms with Crippen molar-refractivity contribution in [3.8, 4) is 0 Å². The van der Waals surface area contributed by atoms with Crippen LogP contribution in [0.2, 0.25) is 0 Å². The lowest BCUT2D eigenvalue weighted by Crippen LogP contribution is -2.34. The van der Waals surface area contributed by atoms with E-state index in [1.807, 2.05) is 59.7 Å². The molecule has 0 fully saturated rings. The van der Waals surface area contributed by atoms with Gasteiger partial charge in [0, 0.05) is 36.1 Å². The van der Waals surface area contributed by atoms with Crippen molar-refractivity contribution in [2.24, 2.45) is 0 Å². The summed E-state index contributed by atoms with van der Waals surface area (Å²) in [5.41, 5.74) is 2.40. The van der Waals surface area contributed by atoms with Crippen LogP contribution in [-0.2, 0) is 17.8 Å². The van der Waals surface area contributed by atoms with E-state index in [4.69, 9.17) is 4.98 Å². The first kappa shape index (κ1) is 21.0. The van der Waals surface area contributed by atoms with Crippen molar-refractivity contribution < 1.29 is 9.59 Å². The van der Waals surface area contributed by atoms with Gasteiger partial charge in [0.15, 0.2) is 0 Å². The number of hydrogen-bond donors (Lipinski definition) is 1. The van der Waals surface area contributed by atoms with Crippen molar-refractivity contribution in [2.45, 2.75) is 26.8 Å². The molecule has 3 aromatic rings. The number of rotatable bonds is 8. The van der Waals surface area contributed by atoms with Crippen molar-refractivity contribution in [1.29, 1.82) is 0 Å². The SMILES string of the molecule is CCN(CC)C(=O)Cn1c(CCNC(=O)c2ccc(Br)cc2)nc2ccccc21. The molecule has 2 aromatic carbocycles. The molecule has 0 unspecified atom stereocenters. The fourth-order valence-electron chi connectivity index (χ4n) is 3.30. The predicted molar refractivity (Wildman–Crippen MR) is 118 cm³/mol. The summed E-state index contributed by atoms with van der Waals surface area (Å²) in [4.78, 5) is 31.5. The van der Waals surface area contributed by atoms with Crippen LogP contribution in [0.25, 0.3) is 11.0 Å². The molecule has 6 nitrogen and oxygen atoms in total. The van der Waals surface area contributed by atoms with Crippen LogP contribution in [0.4, 0.5) is 0 Å². The Labute approximate surface area is 179 Å². The van der Waals surface area contributed by atoms with E-state index < -0.39 is 0 Å². The van der Waals surface area contributed by atoms with Crippen molar-refractivity contribution in [1.82, 2.24) is 19.8 Å². The normalized spacial score (nSPS) is 10.9. The Bertz CT molecular complexity index is 994. The van der Waals surface area contributed by atoms with Crippen LogP contribution in [0.3, 0.4) is 0 Å². The number of nitrogens with zero attached hydrogens (tertiary/aromatic N) is 3. The minimum Gasteiger partial charge on any atom is -0.352 e. The maximum atomic E-state index is 12.7. The lowest BCUT2D eigenvalue weighted by molar-refractivity contribution is -0.131. The number of aromatic nitrogens is 2. The molecule has 152 valence electrons. The molecule has 0 saturated carbocycles. The molecule has 0 spiro atoms. The Balaban J connectivity index is 1.73. The smallest absolute Gasteiger partial charge is 0.251 e. The number of nitrogens with one attached hydrogen (secondary N) is 1. The van der Waals surface area contributed by atoms with Crippen molar-refractivity contribution in [2.75, 3.05) is 19.6 Å². The molecular formula is C22H25BrN4O2. The zero-order valence-corrected chi connectivity index (χ0v) is 18.3. The average Bonchev–Trinajstić information content (AvgIpc) is 3.07. The molecule has 1 heterocycles. The molecule has 7 heteroatoms. The third-order valence-corrected chi connectivity index (χ3v) is 5.41. The zero-order valence-electron chi connectivity index (χ0n) is 16.7. The standard InChI is InChI=1S/C22H25BrN4O2/c1-3-26(4-2)21(28)15-27-19-8-6-5-7-18(19)25-20(27)13-14-24-22(29)16-9-11-17(23)12-10-16/h5-12H,3-4,13-15H2,1-2H3,(H,24,29). The summed E-state index contributed by atoms with van der Waals surface area (Å²) in [7, 11) is 0. The lowest BCUT2D eigenvalue weighted by atomic mass is 10.2. The highest BCUT2D eigenvalue weighted by atomic mass is 79.9. The van der Waals surface area contributed by atoms with E-state index in [2.05, 4.69) is 21.2 Å². The van der Waals surface area contributed by atoms with Gasteiger partial charge in [-0.25, -0.2) is 4.98 Å². The van der Waals surface area contributed by atoms with Crippen LogP contribution in [0.5, 0.6) is 0 Å².